The van der Waals surface area contributed by atoms with Crippen LogP contribution in [0.4, 0.5) is 4.39 Å². The molecule has 0 aliphatic rings. The summed E-state index contributed by atoms with van der Waals surface area (Å²) >= 11 is 0. The van der Waals surface area contributed by atoms with Crippen molar-refractivity contribution in [2.45, 2.75) is 33.2 Å². The van der Waals surface area contributed by atoms with E-state index in [2.05, 4.69) is 10.3 Å². The minimum Gasteiger partial charge on any atom is -0.446 e. The monoisotopic (exact) mass is 435 g/mol. The fourth-order valence-corrected chi connectivity index (χ4v) is 2.82. The highest BCUT2D eigenvalue weighted by Crippen LogP contribution is 2.14. The third kappa shape index (κ3) is 8.10. The first-order chi connectivity index (χ1) is 15.1. The van der Waals surface area contributed by atoms with Gasteiger partial charge in [0, 0.05) is 39.5 Å². The van der Waals surface area contributed by atoms with Gasteiger partial charge < -0.3 is 24.1 Å². The number of aromatic nitrogens is 1. The summed E-state index contributed by atoms with van der Waals surface area (Å²) in [5.41, 5.74) is 0.0942. The molecule has 0 atom stereocenters. The molecule has 0 unspecified atom stereocenters. The molecule has 1 N–H and O–H groups in total. The lowest BCUT2D eigenvalue weighted by atomic mass is 10.2. The smallest absolute Gasteiger partial charge is 0.273 e. The Balaban J connectivity index is 2.01. The van der Waals surface area contributed by atoms with Gasteiger partial charge >= 0.3 is 0 Å². The second-order valence-corrected chi connectivity index (χ2v) is 6.69. The molecule has 0 spiro atoms. The normalized spacial score (nSPS) is 10.8. The van der Waals surface area contributed by atoms with Crippen molar-refractivity contribution in [3.8, 4) is 0 Å². The van der Waals surface area contributed by atoms with Crippen molar-refractivity contribution in [3.63, 3.8) is 0 Å². The van der Waals surface area contributed by atoms with Crippen molar-refractivity contribution in [2.75, 3.05) is 39.5 Å². The Kier molecular flexibility index (Phi) is 10.7. The lowest BCUT2D eigenvalue weighted by molar-refractivity contribution is 0.0691. The predicted octanol–water partition coefficient (Wildman–Crippen LogP) is 3.04. The van der Waals surface area contributed by atoms with Gasteiger partial charge in [-0.25, -0.2) is 9.37 Å². The summed E-state index contributed by atoms with van der Waals surface area (Å²) in [4.78, 5) is 30.7. The van der Waals surface area contributed by atoms with Crippen LogP contribution < -0.4 is 5.32 Å². The van der Waals surface area contributed by atoms with E-state index in [4.69, 9.17) is 13.9 Å². The van der Waals surface area contributed by atoms with Gasteiger partial charge in [-0.2, -0.15) is 0 Å². The third-order valence-electron chi connectivity index (χ3n) is 4.38. The average Bonchev–Trinajstić information content (AvgIpc) is 3.24. The van der Waals surface area contributed by atoms with E-state index in [-0.39, 0.29) is 29.6 Å². The van der Waals surface area contributed by atoms with Crippen molar-refractivity contribution in [2.24, 2.45) is 0 Å². The van der Waals surface area contributed by atoms with Gasteiger partial charge in [0.15, 0.2) is 5.69 Å². The third-order valence-corrected chi connectivity index (χ3v) is 4.38. The van der Waals surface area contributed by atoms with E-state index in [0.29, 0.717) is 52.4 Å². The van der Waals surface area contributed by atoms with E-state index in [1.807, 2.05) is 13.8 Å². The van der Waals surface area contributed by atoms with Crippen LogP contribution in [0.25, 0.3) is 0 Å². The maximum absolute atomic E-state index is 14.1. The molecule has 1 heterocycles. The summed E-state index contributed by atoms with van der Waals surface area (Å²) in [6.07, 6.45) is 2.51. The molecule has 2 rings (SSSR count). The van der Waals surface area contributed by atoms with E-state index >= 15 is 0 Å². The largest absolute Gasteiger partial charge is 0.446 e. The molecule has 9 heteroatoms. The van der Waals surface area contributed by atoms with E-state index < -0.39 is 11.7 Å². The number of rotatable bonds is 14. The van der Waals surface area contributed by atoms with Gasteiger partial charge in [-0.3, -0.25) is 9.59 Å². The van der Waals surface area contributed by atoms with Gasteiger partial charge in [0.1, 0.15) is 12.1 Å². The van der Waals surface area contributed by atoms with Crippen LogP contribution in [-0.2, 0) is 16.0 Å². The van der Waals surface area contributed by atoms with Crippen molar-refractivity contribution in [1.82, 2.24) is 15.2 Å². The topological polar surface area (TPSA) is 93.9 Å². The maximum atomic E-state index is 14.1. The van der Waals surface area contributed by atoms with Crippen LogP contribution in [-0.4, -0.2) is 61.2 Å². The van der Waals surface area contributed by atoms with E-state index in [1.165, 1.54) is 29.4 Å². The van der Waals surface area contributed by atoms with Crippen LogP contribution in [0.2, 0.25) is 0 Å². The van der Waals surface area contributed by atoms with Gasteiger partial charge in [-0.1, -0.05) is 12.1 Å². The number of hydrogen-bond acceptors (Lipinski definition) is 6. The zero-order valence-electron chi connectivity index (χ0n) is 18.1. The number of ether oxygens (including phenoxy) is 2. The van der Waals surface area contributed by atoms with Gasteiger partial charge in [-0.05, 0) is 38.8 Å². The number of benzene rings is 1. The minimum absolute atomic E-state index is 0.0108. The van der Waals surface area contributed by atoms with E-state index in [0.717, 1.165) is 0 Å². The van der Waals surface area contributed by atoms with Crippen molar-refractivity contribution in [1.29, 1.82) is 0 Å². The molecule has 2 amide bonds. The first-order valence-corrected chi connectivity index (χ1v) is 10.5. The summed E-state index contributed by atoms with van der Waals surface area (Å²) < 4.78 is 30.1. The van der Waals surface area contributed by atoms with Gasteiger partial charge in [0.25, 0.3) is 11.8 Å². The number of oxazole rings is 1. The molecule has 0 aliphatic carbocycles. The Bertz CT molecular complexity index is 827. The number of hydrogen-bond donors (Lipinski definition) is 1. The maximum Gasteiger partial charge on any atom is 0.273 e. The minimum atomic E-state index is -0.596. The quantitative estimate of drug-likeness (QED) is 0.459. The Morgan fingerprint density at radius 2 is 1.84 bits per heavy atom. The van der Waals surface area contributed by atoms with Gasteiger partial charge in [0.2, 0.25) is 5.89 Å². The molecular formula is C22H30FN3O5. The summed E-state index contributed by atoms with van der Waals surface area (Å²) in [6.45, 7) is 6.83. The van der Waals surface area contributed by atoms with Crippen LogP contribution in [0.3, 0.4) is 0 Å². The van der Waals surface area contributed by atoms with Crippen molar-refractivity contribution < 1.29 is 27.9 Å². The zero-order chi connectivity index (χ0) is 22.5. The lowest BCUT2D eigenvalue weighted by Crippen LogP contribution is -2.33. The zero-order valence-corrected chi connectivity index (χ0v) is 18.1. The highest BCUT2D eigenvalue weighted by Gasteiger charge is 2.22. The van der Waals surface area contributed by atoms with Crippen LogP contribution in [0, 0.1) is 5.82 Å². The first kappa shape index (κ1) is 24.5. The van der Waals surface area contributed by atoms with Crippen LogP contribution >= 0.6 is 0 Å². The fraction of sp³-hybridized carbons (Fsp3) is 0.500. The second kappa shape index (κ2) is 13.5. The molecule has 0 fully saturated rings. The molecule has 0 bridgehead atoms. The molecule has 0 aliphatic heterocycles. The van der Waals surface area contributed by atoms with Crippen molar-refractivity contribution >= 4 is 11.8 Å². The number of carbonyl (C=O) groups is 2. The molecule has 0 radical (unpaired) electrons. The van der Waals surface area contributed by atoms with E-state index in [9.17, 15) is 14.0 Å². The Morgan fingerprint density at radius 3 is 2.55 bits per heavy atom. The summed E-state index contributed by atoms with van der Waals surface area (Å²) in [7, 11) is 0. The Hall–Kier alpha value is -2.78. The number of nitrogens with one attached hydrogen (secondary N) is 1. The van der Waals surface area contributed by atoms with E-state index in [1.54, 1.807) is 6.07 Å². The first-order valence-electron chi connectivity index (χ1n) is 10.5. The number of nitrogens with zero attached hydrogens (tertiary/aromatic N) is 2. The number of carbonyl (C=O) groups excluding carboxylic acids is 2. The van der Waals surface area contributed by atoms with Crippen molar-refractivity contribution in [3.05, 3.63) is 53.5 Å². The predicted molar refractivity (Wildman–Crippen MR) is 112 cm³/mol. The molecule has 1 aromatic heterocycles. The average molecular weight is 435 g/mol. The summed E-state index contributed by atoms with van der Waals surface area (Å²) in [5, 5.41) is 2.74. The molecule has 0 saturated carbocycles. The van der Waals surface area contributed by atoms with Crippen LogP contribution in [0.5, 0.6) is 0 Å². The highest BCUT2D eigenvalue weighted by molar-refractivity contribution is 5.94. The lowest BCUT2D eigenvalue weighted by Gasteiger charge is -2.21. The summed E-state index contributed by atoms with van der Waals surface area (Å²) in [6, 6.07) is 5.81. The highest BCUT2D eigenvalue weighted by atomic mass is 19.1. The summed E-state index contributed by atoms with van der Waals surface area (Å²) in [5.74, 6) is -1.24. The molecule has 0 saturated heterocycles. The second-order valence-electron chi connectivity index (χ2n) is 6.69. The molecule has 31 heavy (non-hydrogen) atoms. The molecule has 8 nitrogen and oxygen atoms in total. The fourth-order valence-electron chi connectivity index (χ4n) is 2.82. The van der Waals surface area contributed by atoms with Crippen LogP contribution in [0.1, 0.15) is 53.4 Å². The van der Waals surface area contributed by atoms with Gasteiger partial charge in [-0.15, -0.1) is 0 Å². The molecule has 170 valence electrons. The molecular weight excluding hydrogens is 405 g/mol. The SMILES string of the molecule is CCOCCCNC(=O)c1coc(CN(CCCOCC)C(=O)c2ccccc2F)n1. The molecule has 1 aromatic carbocycles. The molecule has 2 aromatic rings. The number of halogens is 1. The Labute approximate surface area is 181 Å². The Morgan fingerprint density at radius 1 is 1.13 bits per heavy atom. The van der Waals surface area contributed by atoms with Gasteiger partial charge in [0.05, 0.1) is 12.1 Å². The number of amides is 2. The van der Waals surface area contributed by atoms with Crippen LogP contribution in [0.15, 0.2) is 34.9 Å². The standard InChI is InChI=1S/C22H30FN3O5/c1-3-29-13-7-11-24-21(27)19-16-31-20(25-19)15-26(12-8-14-30-4-2)22(28)17-9-5-6-10-18(17)23/h5-6,9-10,16H,3-4,7-8,11-15H2,1-2H3,(H,24,27).